The van der Waals surface area contributed by atoms with Crippen molar-refractivity contribution in [3.05, 3.63) is 0 Å². The van der Waals surface area contributed by atoms with Gasteiger partial charge in [-0.05, 0) is 26.2 Å². The zero-order valence-corrected chi connectivity index (χ0v) is 27.1. The Morgan fingerprint density at radius 2 is 1.04 bits per heavy atom. The van der Waals surface area contributed by atoms with Crippen LogP contribution in [0, 0.1) is 0 Å². The summed E-state index contributed by atoms with van der Waals surface area (Å²) in [4.78, 5) is 57.9. The molecule has 0 aliphatic heterocycles. The van der Waals surface area contributed by atoms with E-state index in [1.807, 2.05) is 6.92 Å². The average Bonchev–Trinajstić information content (AvgIpc) is 3.00. The minimum absolute atomic E-state index is 0.0145. The van der Waals surface area contributed by atoms with Crippen LogP contribution >= 0.6 is 0 Å². The van der Waals surface area contributed by atoms with E-state index in [1.165, 1.54) is 0 Å². The first-order valence-electron chi connectivity index (χ1n) is 16.3. The molecule has 1 atom stereocenters. The van der Waals surface area contributed by atoms with Crippen LogP contribution in [-0.4, -0.2) is 112 Å². The number of carboxylic acid groups (broad SMARTS) is 2. The number of hydrogen-bond donors (Lipinski definition) is 5. The first-order valence-corrected chi connectivity index (χ1v) is 16.3. The van der Waals surface area contributed by atoms with Gasteiger partial charge < -0.3 is 45.1 Å². The summed E-state index contributed by atoms with van der Waals surface area (Å²) in [6.45, 7) is 5.14. The Bertz CT molecular complexity index is 799. The van der Waals surface area contributed by atoms with Gasteiger partial charge in [-0.2, -0.15) is 0 Å². The zero-order valence-electron chi connectivity index (χ0n) is 27.1. The molecule has 0 radical (unpaired) electrons. The van der Waals surface area contributed by atoms with Gasteiger partial charge in [0, 0.05) is 39.0 Å². The molecule has 45 heavy (non-hydrogen) atoms. The molecule has 262 valence electrons. The molecule has 0 aliphatic rings. The van der Waals surface area contributed by atoms with E-state index in [2.05, 4.69) is 16.0 Å². The minimum Gasteiger partial charge on any atom is -0.481 e. The van der Waals surface area contributed by atoms with Crippen LogP contribution in [-0.2, 0) is 42.9 Å². The fourth-order valence-electron chi connectivity index (χ4n) is 4.19. The van der Waals surface area contributed by atoms with Crippen molar-refractivity contribution in [2.24, 2.45) is 0 Å². The van der Waals surface area contributed by atoms with Crippen molar-refractivity contribution in [3.63, 3.8) is 0 Å². The van der Waals surface area contributed by atoms with Crippen molar-refractivity contribution in [3.8, 4) is 0 Å². The number of amides is 3. The summed E-state index contributed by atoms with van der Waals surface area (Å²) in [5.41, 5.74) is 0. The van der Waals surface area contributed by atoms with E-state index in [0.29, 0.717) is 39.4 Å². The standard InChI is InChI=1S/C31H57N3O11/c1-2-42-21-22-43-20-18-33-29(37)25-45-24-23-44-19-17-32-27(35)16-15-26(31(40)41)34-28(36)13-11-9-7-5-3-4-6-8-10-12-14-30(38)39/h26H,2-25H2,1H3,(H,32,35)(H,33,37)(H,34,36)(H,38,39)(H,40,41)/t26-/m0/s1. The molecular weight excluding hydrogens is 590 g/mol. The molecule has 14 nitrogen and oxygen atoms in total. The SMILES string of the molecule is CCOCCOCCNC(=O)COCCOCCNC(=O)CC[C@H](NC(=O)CCCCCCCCCCCCC(=O)O)C(=O)O. The molecule has 5 N–H and O–H groups in total. The quantitative estimate of drug-likeness (QED) is 0.0656. The number of carbonyl (C=O) groups excluding carboxylic acids is 3. The summed E-state index contributed by atoms with van der Waals surface area (Å²) in [6, 6.07) is -1.13. The Labute approximate surface area is 267 Å². The monoisotopic (exact) mass is 647 g/mol. The molecule has 0 fully saturated rings. The lowest BCUT2D eigenvalue weighted by atomic mass is 10.0. The first kappa shape index (κ1) is 42.2. The van der Waals surface area contributed by atoms with E-state index in [1.54, 1.807) is 0 Å². The van der Waals surface area contributed by atoms with Gasteiger partial charge in [-0.3, -0.25) is 19.2 Å². The van der Waals surface area contributed by atoms with Crippen molar-refractivity contribution in [1.29, 1.82) is 0 Å². The van der Waals surface area contributed by atoms with Crippen LogP contribution < -0.4 is 16.0 Å². The van der Waals surface area contributed by atoms with Gasteiger partial charge in [-0.25, -0.2) is 4.79 Å². The molecule has 0 aromatic heterocycles. The Hall–Kier alpha value is -2.81. The number of rotatable bonds is 33. The van der Waals surface area contributed by atoms with Gasteiger partial charge in [0.1, 0.15) is 12.6 Å². The fourth-order valence-corrected chi connectivity index (χ4v) is 4.19. The van der Waals surface area contributed by atoms with Crippen molar-refractivity contribution >= 4 is 29.7 Å². The normalized spacial score (nSPS) is 11.6. The Balaban J connectivity index is 3.71. The Kier molecular flexibility index (Phi) is 29.2. The van der Waals surface area contributed by atoms with E-state index in [-0.39, 0.29) is 76.4 Å². The van der Waals surface area contributed by atoms with Crippen molar-refractivity contribution in [2.45, 2.75) is 103 Å². The third kappa shape index (κ3) is 31.0. The highest BCUT2D eigenvalue weighted by Gasteiger charge is 2.20. The smallest absolute Gasteiger partial charge is 0.326 e. The molecular formula is C31H57N3O11. The molecule has 0 saturated carbocycles. The second-order valence-electron chi connectivity index (χ2n) is 10.6. The topological polar surface area (TPSA) is 199 Å². The van der Waals surface area contributed by atoms with Crippen LogP contribution in [0.1, 0.15) is 96.8 Å². The molecule has 0 saturated heterocycles. The number of nitrogens with one attached hydrogen (secondary N) is 3. The molecule has 0 heterocycles. The number of hydrogen-bond acceptors (Lipinski definition) is 9. The number of ether oxygens (including phenoxy) is 4. The van der Waals surface area contributed by atoms with Crippen molar-refractivity contribution < 1.29 is 53.1 Å². The molecule has 3 amide bonds. The largest absolute Gasteiger partial charge is 0.481 e. The number of carboxylic acids is 2. The molecule has 0 aliphatic carbocycles. The highest BCUT2D eigenvalue weighted by atomic mass is 16.5. The van der Waals surface area contributed by atoms with E-state index in [4.69, 9.17) is 24.1 Å². The lowest BCUT2D eigenvalue weighted by Gasteiger charge is -2.14. The average molecular weight is 648 g/mol. The van der Waals surface area contributed by atoms with E-state index >= 15 is 0 Å². The molecule has 14 heteroatoms. The fraction of sp³-hybridized carbons (Fsp3) is 0.839. The lowest BCUT2D eigenvalue weighted by molar-refractivity contribution is -0.142. The summed E-state index contributed by atoms with van der Waals surface area (Å²) >= 11 is 0. The summed E-state index contributed by atoms with van der Waals surface area (Å²) in [5.74, 6) is -2.85. The van der Waals surface area contributed by atoms with Crippen LogP contribution in [0.3, 0.4) is 0 Å². The van der Waals surface area contributed by atoms with E-state index in [9.17, 15) is 29.1 Å². The van der Waals surface area contributed by atoms with Crippen LogP contribution in [0.15, 0.2) is 0 Å². The highest BCUT2D eigenvalue weighted by molar-refractivity contribution is 5.84. The van der Waals surface area contributed by atoms with Gasteiger partial charge in [0.15, 0.2) is 0 Å². The summed E-state index contributed by atoms with van der Waals surface area (Å²) in [7, 11) is 0. The number of carbonyl (C=O) groups is 5. The predicted octanol–water partition coefficient (Wildman–Crippen LogP) is 2.42. The Morgan fingerprint density at radius 3 is 1.58 bits per heavy atom. The van der Waals surface area contributed by atoms with Gasteiger partial charge in [0.25, 0.3) is 0 Å². The third-order valence-corrected chi connectivity index (χ3v) is 6.66. The first-order chi connectivity index (χ1) is 21.8. The summed E-state index contributed by atoms with van der Waals surface area (Å²) < 4.78 is 21.0. The Morgan fingerprint density at radius 1 is 0.556 bits per heavy atom. The highest BCUT2D eigenvalue weighted by Crippen LogP contribution is 2.12. The predicted molar refractivity (Wildman–Crippen MR) is 167 cm³/mol. The number of aliphatic carboxylic acids is 2. The van der Waals surface area contributed by atoms with E-state index < -0.39 is 18.0 Å². The van der Waals surface area contributed by atoms with Gasteiger partial charge in [0.05, 0.1) is 39.6 Å². The van der Waals surface area contributed by atoms with Crippen molar-refractivity contribution in [1.82, 2.24) is 16.0 Å². The van der Waals surface area contributed by atoms with Crippen LogP contribution in [0.5, 0.6) is 0 Å². The maximum atomic E-state index is 12.2. The second kappa shape index (κ2) is 31.2. The van der Waals surface area contributed by atoms with Crippen LogP contribution in [0.4, 0.5) is 0 Å². The van der Waals surface area contributed by atoms with Gasteiger partial charge in [-0.15, -0.1) is 0 Å². The van der Waals surface area contributed by atoms with Gasteiger partial charge in [-0.1, -0.05) is 51.4 Å². The maximum absolute atomic E-state index is 12.2. The molecule has 0 spiro atoms. The second-order valence-corrected chi connectivity index (χ2v) is 10.6. The molecule has 0 aromatic rings. The van der Waals surface area contributed by atoms with Crippen LogP contribution in [0.25, 0.3) is 0 Å². The molecule has 0 rings (SSSR count). The third-order valence-electron chi connectivity index (χ3n) is 6.66. The summed E-state index contributed by atoms with van der Waals surface area (Å²) in [5, 5.41) is 25.9. The zero-order chi connectivity index (χ0) is 33.4. The minimum atomic E-state index is -1.18. The van der Waals surface area contributed by atoms with Gasteiger partial charge >= 0.3 is 11.9 Å². The van der Waals surface area contributed by atoms with Crippen molar-refractivity contribution in [2.75, 3.05) is 65.9 Å². The van der Waals surface area contributed by atoms with E-state index in [0.717, 1.165) is 57.8 Å². The van der Waals surface area contributed by atoms with Crippen LogP contribution in [0.2, 0.25) is 0 Å². The molecule has 0 aromatic carbocycles. The summed E-state index contributed by atoms with van der Waals surface area (Å²) in [6.07, 6.45) is 10.2. The number of unbranched alkanes of at least 4 members (excludes halogenated alkanes) is 9. The molecule has 0 unspecified atom stereocenters. The molecule has 0 bridgehead atoms. The lowest BCUT2D eigenvalue weighted by Crippen LogP contribution is -2.41. The maximum Gasteiger partial charge on any atom is 0.326 e. The van der Waals surface area contributed by atoms with Gasteiger partial charge in [0.2, 0.25) is 17.7 Å².